The lowest BCUT2D eigenvalue weighted by Crippen LogP contribution is -2.40. The highest BCUT2D eigenvalue weighted by Gasteiger charge is 2.22. The summed E-state index contributed by atoms with van der Waals surface area (Å²) < 4.78 is 29.1. The molecule has 0 saturated heterocycles. The molecule has 2 aromatic rings. The molecule has 2 atom stereocenters. The van der Waals surface area contributed by atoms with Crippen molar-refractivity contribution in [2.45, 2.75) is 50.7 Å². The Bertz CT molecular complexity index is 926. The lowest BCUT2D eigenvalue weighted by atomic mass is 10.0. The quantitative estimate of drug-likeness (QED) is 0.679. The lowest BCUT2D eigenvalue weighted by Gasteiger charge is -2.23. The normalized spacial score (nSPS) is 13.6. The number of halogens is 1. The third-order valence-corrected chi connectivity index (χ3v) is 6.06. The molecule has 2 unspecified atom stereocenters. The standard InChI is InChI=1S/C21H26ClNO4S/c1-5-19(15-7-10-17(11-8-15)28(4,25)26)23-21(24)20(6-2)27-16-9-12-18(22)14(3)13-16/h7-13,19-20H,5-6H2,1-4H3,(H,23,24). The molecule has 0 saturated carbocycles. The van der Waals surface area contributed by atoms with Crippen molar-refractivity contribution < 1.29 is 17.9 Å². The van der Waals surface area contributed by atoms with Gasteiger partial charge < -0.3 is 10.1 Å². The van der Waals surface area contributed by atoms with Gasteiger partial charge in [-0.15, -0.1) is 0 Å². The average Bonchev–Trinajstić information content (AvgIpc) is 2.66. The molecule has 0 aromatic heterocycles. The van der Waals surface area contributed by atoms with Crippen LogP contribution in [0.4, 0.5) is 0 Å². The van der Waals surface area contributed by atoms with Crippen LogP contribution in [-0.4, -0.2) is 26.7 Å². The molecule has 28 heavy (non-hydrogen) atoms. The molecule has 0 aliphatic rings. The first-order chi connectivity index (χ1) is 13.2. The van der Waals surface area contributed by atoms with E-state index in [-0.39, 0.29) is 16.8 Å². The predicted molar refractivity (Wildman–Crippen MR) is 112 cm³/mol. The first kappa shape index (κ1) is 22.2. The van der Waals surface area contributed by atoms with Gasteiger partial charge >= 0.3 is 0 Å². The summed E-state index contributed by atoms with van der Waals surface area (Å²) in [5.74, 6) is 0.378. The minimum atomic E-state index is -3.25. The smallest absolute Gasteiger partial charge is 0.261 e. The van der Waals surface area contributed by atoms with Crippen LogP contribution in [0, 0.1) is 6.92 Å². The summed E-state index contributed by atoms with van der Waals surface area (Å²) in [5, 5.41) is 3.65. The minimum absolute atomic E-state index is 0.214. The second-order valence-corrected chi connectivity index (χ2v) is 9.16. The number of ether oxygens (including phenoxy) is 1. The maximum atomic E-state index is 12.7. The summed E-state index contributed by atoms with van der Waals surface area (Å²) in [5.41, 5.74) is 1.73. The van der Waals surface area contributed by atoms with Crippen LogP contribution < -0.4 is 10.1 Å². The van der Waals surface area contributed by atoms with Gasteiger partial charge in [-0.1, -0.05) is 37.6 Å². The maximum absolute atomic E-state index is 12.7. The highest BCUT2D eigenvalue weighted by Crippen LogP contribution is 2.23. The van der Waals surface area contributed by atoms with Gasteiger partial charge in [0.15, 0.2) is 15.9 Å². The van der Waals surface area contributed by atoms with Crippen molar-refractivity contribution in [3.05, 3.63) is 58.6 Å². The zero-order chi connectivity index (χ0) is 20.9. The number of hydrogen-bond acceptors (Lipinski definition) is 4. The molecule has 7 heteroatoms. The predicted octanol–water partition coefficient (Wildman–Crippen LogP) is 4.48. The van der Waals surface area contributed by atoms with Gasteiger partial charge in [0.1, 0.15) is 5.75 Å². The second kappa shape index (κ2) is 9.43. The molecule has 152 valence electrons. The van der Waals surface area contributed by atoms with Crippen molar-refractivity contribution in [3.63, 3.8) is 0 Å². The lowest BCUT2D eigenvalue weighted by molar-refractivity contribution is -0.128. The Hall–Kier alpha value is -2.05. The Morgan fingerprint density at radius 1 is 1.11 bits per heavy atom. The van der Waals surface area contributed by atoms with E-state index in [9.17, 15) is 13.2 Å². The highest BCUT2D eigenvalue weighted by molar-refractivity contribution is 7.90. The molecule has 0 heterocycles. The molecular weight excluding hydrogens is 398 g/mol. The monoisotopic (exact) mass is 423 g/mol. The molecule has 0 fully saturated rings. The number of aryl methyl sites for hydroxylation is 1. The van der Waals surface area contributed by atoms with E-state index in [0.717, 1.165) is 11.1 Å². The molecule has 5 nitrogen and oxygen atoms in total. The van der Waals surface area contributed by atoms with Crippen LogP contribution in [0.1, 0.15) is 43.9 Å². The van der Waals surface area contributed by atoms with E-state index in [4.69, 9.17) is 16.3 Å². The number of carbonyl (C=O) groups excluding carboxylic acids is 1. The maximum Gasteiger partial charge on any atom is 0.261 e. The second-order valence-electron chi connectivity index (χ2n) is 6.74. The van der Waals surface area contributed by atoms with Gasteiger partial charge in [0.25, 0.3) is 5.91 Å². The van der Waals surface area contributed by atoms with Crippen molar-refractivity contribution in [3.8, 4) is 5.75 Å². The van der Waals surface area contributed by atoms with E-state index >= 15 is 0 Å². The molecule has 0 radical (unpaired) electrons. The van der Waals surface area contributed by atoms with E-state index < -0.39 is 15.9 Å². The third-order valence-electron chi connectivity index (χ3n) is 4.51. The van der Waals surface area contributed by atoms with Crippen LogP contribution in [0.15, 0.2) is 47.4 Å². The van der Waals surface area contributed by atoms with E-state index in [1.165, 1.54) is 6.26 Å². The van der Waals surface area contributed by atoms with Crippen LogP contribution in [0.5, 0.6) is 5.75 Å². The summed E-state index contributed by atoms with van der Waals surface area (Å²) in [6.45, 7) is 5.72. The van der Waals surface area contributed by atoms with Crippen molar-refractivity contribution in [1.82, 2.24) is 5.32 Å². The van der Waals surface area contributed by atoms with Gasteiger partial charge in [0.05, 0.1) is 10.9 Å². The number of carbonyl (C=O) groups is 1. The van der Waals surface area contributed by atoms with Crippen LogP contribution in [0.25, 0.3) is 0 Å². The fraction of sp³-hybridized carbons (Fsp3) is 0.381. The summed E-state index contributed by atoms with van der Waals surface area (Å²) in [7, 11) is -3.25. The van der Waals surface area contributed by atoms with Gasteiger partial charge in [0, 0.05) is 11.3 Å². The summed E-state index contributed by atoms with van der Waals surface area (Å²) in [6.07, 6.45) is 1.71. The molecule has 0 bridgehead atoms. The number of hydrogen-bond donors (Lipinski definition) is 1. The van der Waals surface area contributed by atoms with Crippen LogP contribution in [0.2, 0.25) is 5.02 Å². The van der Waals surface area contributed by atoms with Gasteiger partial charge in [-0.25, -0.2) is 8.42 Å². The fourth-order valence-corrected chi connectivity index (χ4v) is 3.56. The Labute approximate surface area is 172 Å². The minimum Gasteiger partial charge on any atom is -0.481 e. The number of benzene rings is 2. The first-order valence-corrected chi connectivity index (χ1v) is 11.5. The molecule has 1 amide bonds. The van der Waals surface area contributed by atoms with Gasteiger partial charge in [-0.2, -0.15) is 0 Å². The zero-order valence-corrected chi connectivity index (χ0v) is 18.1. The fourth-order valence-electron chi connectivity index (χ4n) is 2.81. The van der Waals surface area contributed by atoms with E-state index in [1.54, 1.807) is 42.5 Å². The third kappa shape index (κ3) is 5.72. The topological polar surface area (TPSA) is 72.5 Å². The molecule has 0 aliphatic carbocycles. The van der Waals surface area contributed by atoms with E-state index in [1.807, 2.05) is 20.8 Å². The van der Waals surface area contributed by atoms with E-state index in [0.29, 0.717) is 23.6 Å². The Morgan fingerprint density at radius 2 is 1.75 bits per heavy atom. The summed E-state index contributed by atoms with van der Waals surface area (Å²) in [4.78, 5) is 13.0. The van der Waals surface area contributed by atoms with Crippen LogP contribution in [0.3, 0.4) is 0 Å². The van der Waals surface area contributed by atoms with Crippen molar-refractivity contribution in [2.24, 2.45) is 0 Å². The largest absolute Gasteiger partial charge is 0.481 e. The zero-order valence-electron chi connectivity index (χ0n) is 16.5. The van der Waals surface area contributed by atoms with E-state index in [2.05, 4.69) is 5.32 Å². The molecule has 0 aliphatic heterocycles. The molecule has 2 rings (SSSR count). The number of rotatable bonds is 8. The van der Waals surface area contributed by atoms with Crippen molar-refractivity contribution in [1.29, 1.82) is 0 Å². The average molecular weight is 424 g/mol. The van der Waals surface area contributed by atoms with Gasteiger partial charge in [-0.3, -0.25) is 4.79 Å². The Balaban J connectivity index is 2.11. The van der Waals surface area contributed by atoms with Crippen LogP contribution in [-0.2, 0) is 14.6 Å². The summed E-state index contributed by atoms with van der Waals surface area (Å²) >= 11 is 6.04. The SMILES string of the molecule is CCC(Oc1ccc(Cl)c(C)c1)C(=O)NC(CC)c1ccc(S(C)(=O)=O)cc1. The number of nitrogens with one attached hydrogen (secondary N) is 1. The molecule has 1 N–H and O–H groups in total. The molecule has 2 aromatic carbocycles. The Kier molecular flexibility index (Phi) is 7.49. The van der Waals surface area contributed by atoms with Gasteiger partial charge in [-0.05, 0) is 61.2 Å². The van der Waals surface area contributed by atoms with Gasteiger partial charge in [0.2, 0.25) is 0 Å². The highest BCUT2D eigenvalue weighted by atomic mass is 35.5. The summed E-state index contributed by atoms with van der Waals surface area (Å²) in [6, 6.07) is 11.6. The number of amides is 1. The van der Waals surface area contributed by atoms with Crippen LogP contribution >= 0.6 is 11.6 Å². The van der Waals surface area contributed by atoms with Crippen molar-refractivity contribution >= 4 is 27.3 Å². The van der Waals surface area contributed by atoms with Crippen molar-refractivity contribution in [2.75, 3.05) is 6.26 Å². The molecular formula is C21H26ClNO4S. The molecule has 0 spiro atoms. The first-order valence-electron chi connectivity index (χ1n) is 9.18. The Morgan fingerprint density at radius 3 is 2.25 bits per heavy atom. The number of sulfone groups is 1.